The lowest BCUT2D eigenvalue weighted by Crippen LogP contribution is -1.76. The molecule has 0 unspecified atom stereocenters. The smallest absolute Gasteiger partial charge is 0.252 e. The van der Waals surface area contributed by atoms with Gasteiger partial charge in [-0.25, -0.2) is 4.98 Å². The van der Waals surface area contributed by atoms with E-state index in [1.165, 1.54) is 11.3 Å². The number of thioether (sulfide) groups is 2. The molecule has 1 heterocycles. The Hall–Kier alpha value is 0.580. The van der Waals surface area contributed by atoms with E-state index < -0.39 is 0 Å². The van der Waals surface area contributed by atoms with Gasteiger partial charge in [0.25, 0.3) is 4.45 Å². The minimum atomic E-state index is -0.0166. The SMILES string of the molecule is CSC(=O)Sc1nc(Cl)c(Cl)s1. The first-order chi connectivity index (χ1) is 5.63. The monoisotopic (exact) mass is 259 g/mol. The number of hydrogen-bond acceptors (Lipinski definition) is 5. The molecule has 0 fully saturated rings. The summed E-state index contributed by atoms with van der Waals surface area (Å²) in [7, 11) is 0. The number of nitrogens with zero attached hydrogens (tertiary/aromatic N) is 1. The average Bonchev–Trinajstić information content (AvgIpc) is 2.31. The third kappa shape index (κ3) is 2.81. The zero-order chi connectivity index (χ0) is 9.14. The third-order valence-electron chi connectivity index (χ3n) is 0.866. The maximum atomic E-state index is 10.9. The summed E-state index contributed by atoms with van der Waals surface area (Å²) in [6.45, 7) is 0. The summed E-state index contributed by atoms with van der Waals surface area (Å²) in [5.41, 5.74) is 0. The Morgan fingerprint density at radius 2 is 2.25 bits per heavy atom. The van der Waals surface area contributed by atoms with E-state index >= 15 is 0 Å². The van der Waals surface area contributed by atoms with Gasteiger partial charge in [-0.1, -0.05) is 46.3 Å². The number of thiazole rings is 1. The van der Waals surface area contributed by atoms with Crippen LogP contribution >= 0.6 is 58.1 Å². The first-order valence-corrected chi connectivity index (χ1v) is 6.32. The number of rotatable bonds is 1. The second-order valence-electron chi connectivity index (χ2n) is 1.60. The van der Waals surface area contributed by atoms with E-state index in [1.807, 2.05) is 0 Å². The fourth-order valence-corrected chi connectivity index (χ4v) is 3.19. The zero-order valence-corrected chi connectivity index (χ0v) is 9.80. The summed E-state index contributed by atoms with van der Waals surface area (Å²) in [5, 5.41) is 0.262. The quantitative estimate of drug-likeness (QED) is 0.713. The minimum absolute atomic E-state index is 0.0166. The normalized spacial score (nSPS) is 10.2. The fourth-order valence-electron chi connectivity index (χ4n) is 0.422. The molecule has 7 heteroatoms. The van der Waals surface area contributed by atoms with Crippen molar-refractivity contribution in [3.8, 4) is 0 Å². The fraction of sp³-hybridized carbons (Fsp3) is 0.200. The Kier molecular flexibility index (Phi) is 4.19. The van der Waals surface area contributed by atoms with Gasteiger partial charge in [0.05, 0.1) is 0 Å². The Labute approximate surface area is 92.0 Å². The molecule has 0 spiro atoms. The molecule has 0 bridgehead atoms. The van der Waals surface area contributed by atoms with Gasteiger partial charge in [0.1, 0.15) is 4.34 Å². The molecule has 0 aliphatic rings. The number of carbonyl (C=O) groups excluding carboxylic acids is 1. The first kappa shape index (κ1) is 10.7. The van der Waals surface area contributed by atoms with E-state index in [1.54, 1.807) is 6.26 Å². The molecule has 12 heavy (non-hydrogen) atoms. The number of aromatic nitrogens is 1. The summed E-state index contributed by atoms with van der Waals surface area (Å²) in [6.07, 6.45) is 1.71. The highest BCUT2D eigenvalue weighted by Gasteiger charge is 2.10. The van der Waals surface area contributed by atoms with Crippen LogP contribution in [0.1, 0.15) is 0 Å². The second kappa shape index (κ2) is 4.72. The van der Waals surface area contributed by atoms with Crippen LogP contribution in [0.5, 0.6) is 0 Å². The van der Waals surface area contributed by atoms with E-state index in [0.717, 1.165) is 23.5 Å². The Balaban J connectivity index is 2.70. The highest BCUT2D eigenvalue weighted by molar-refractivity contribution is 8.38. The number of carbonyl (C=O) groups is 1. The Bertz CT molecular complexity index is 281. The topological polar surface area (TPSA) is 30.0 Å². The predicted molar refractivity (Wildman–Crippen MR) is 56.9 cm³/mol. The van der Waals surface area contributed by atoms with Crippen LogP contribution < -0.4 is 0 Å². The second-order valence-corrected chi connectivity index (χ2v) is 5.82. The van der Waals surface area contributed by atoms with Crippen molar-refractivity contribution < 1.29 is 4.79 Å². The van der Waals surface area contributed by atoms with Gasteiger partial charge in [0.2, 0.25) is 0 Å². The molecular weight excluding hydrogens is 257 g/mol. The van der Waals surface area contributed by atoms with Crippen LogP contribution in [0.15, 0.2) is 4.34 Å². The molecule has 0 N–H and O–H groups in total. The molecule has 0 atom stereocenters. The van der Waals surface area contributed by atoms with Gasteiger partial charge in [-0.2, -0.15) is 0 Å². The van der Waals surface area contributed by atoms with Crippen molar-refractivity contribution in [2.24, 2.45) is 0 Å². The van der Waals surface area contributed by atoms with Crippen LogP contribution in [-0.2, 0) is 0 Å². The highest BCUT2D eigenvalue weighted by Crippen LogP contribution is 2.35. The standard InChI is InChI=1S/C5H3Cl2NOS3/c1-10-5(9)12-4-8-2(6)3(7)11-4/h1H3. The molecule has 1 aromatic rings. The summed E-state index contributed by atoms with van der Waals surface area (Å²) < 4.78 is 0.995. The summed E-state index contributed by atoms with van der Waals surface area (Å²) in [4.78, 5) is 14.8. The van der Waals surface area contributed by atoms with Crippen molar-refractivity contribution in [2.45, 2.75) is 4.34 Å². The van der Waals surface area contributed by atoms with Crippen LogP contribution in [0.3, 0.4) is 0 Å². The largest absolute Gasteiger partial charge is 0.274 e. The molecule has 1 aromatic heterocycles. The summed E-state index contributed by atoms with van der Waals surface area (Å²) in [5.74, 6) is 0. The van der Waals surface area contributed by atoms with E-state index in [9.17, 15) is 4.79 Å². The molecule has 0 saturated heterocycles. The van der Waals surface area contributed by atoms with Crippen molar-refractivity contribution in [3.05, 3.63) is 9.49 Å². The van der Waals surface area contributed by atoms with Crippen LogP contribution in [0.25, 0.3) is 0 Å². The van der Waals surface area contributed by atoms with Gasteiger partial charge >= 0.3 is 0 Å². The van der Waals surface area contributed by atoms with Crippen molar-refractivity contribution in [3.63, 3.8) is 0 Å². The van der Waals surface area contributed by atoms with Gasteiger partial charge < -0.3 is 0 Å². The molecule has 0 aromatic carbocycles. The Morgan fingerprint density at radius 3 is 2.67 bits per heavy atom. The predicted octanol–water partition coefficient (Wildman–Crippen LogP) is 4.02. The average molecular weight is 260 g/mol. The lowest BCUT2D eigenvalue weighted by atomic mass is 11.0. The molecule has 2 nitrogen and oxygen atoms in total. The van der Waals surface area contributed by atoms with Crippen molar-refractivity contribution in [1.29, 1.82) is 0 Å². The van der Waals surface area contributed by atoms with Crippen LogP contribution in [0.2, 0.25) is 9.49 Å². The van der Waals surface area contributed by atoms with Gasteiger partial charge in [-0.3, -0.25) is 4.79 Å². The molecule has 1 rings (SSSR count). The maximum Gasteiger partial charge on any atom is 0.252 e. The molecular formula is C5H3Cl2NOS3. The highest BCUT2D eigenvalue weighted by atomic mass is 35.5. The van der Waals surface area contributed by atoms with E-state index in [4.69, 9.17) is 23.2 Å². The Morgan fingerprint density at radius 1 is 1.58 bits per heavy atom. The van der Waals surface area contributed by atoms with E-state index in [2.05, 4.69) is 4.98 Å². The van der Waals surface area contributed by atoms with Gasteiger partial charge in [-0.05, 0) is 18.0 Å². The number of halogens is 2. The van der Waals surface area contributed by atoms with Crippen LogP contribution in [0.4, 0.5) is 4.79 Å². The third-order valence-corrected chi connectivity index (χ3v) is 4.41. The summed E-state index contributed by atoms with van der Waals surface area (Å²) >= 11 is 14.6. The van der Waals surface area contributed by atoms with Gasteiger partial charge in [0.15, 0.2) is 9.49 Å². The van der Waals surface area contributed by atoms with Crippen LogP contribution in [0, 0.1) is 0 Å². The zero-order valence-electron chi connectivity index (χ0n) is 5.84. The van der Waals surface area contributed by atoms with Crippen molar-refractivity contribution >= 4 is 62.5 Å². The molecule has 0 aliphatic carbocycles. The number of hydrogen-bond donors (Lipinski definition) is 0. The summed E-state index contributed by atoms with van der Waals surface area (Å²) in [6, 6.07) is 0. The lowest BCUT2D eigenvalue weighted by molar-refractivity contribution is 0.276. The van der Waals surface area contributed by atoms with E-state index in [-0.39, 0.29) is 9.60 Å². The minimum Gasteiger partial charge on any atom is -0.274 e. The molecule has 0 saturated carbocycles. The molecule has 0 radical (unpaired) electrons. The molecule has 0 aliphatic heterocycles. The van der Waals surface area contributed by atoms with E-state index in [0.29, 0.717) is 8.68 Å². The maximum absolute atomic E-state index is 10.9. The van der Waals surface area contributed by atoms with Crippen LogP contribution in [-0.4, -0.2) is 15.7 Å². The molecule has 0 amide bonds. The van der Waals surface area contributed by atoms with Crippen molar-refractivity contribution in [1.82, 2.24) is 4.98 Å². The van der Waals surface area contributed by atoms with Crippen molar-refractivity contribution in [2.75, 3.05) is 6.26 Å². The first-order valence-electron chi connectivity index (χ1n) is 2.71. The molecule has 66 valence electrons. The van der Waals surface area contributed by atoms with Gasteiger partial charge in [0, 0.05) is 0 Å². The van der Waals surface area contributed by atoms with Gasteiger partial charge in [-0.15, -0.1) is 0 Å². The lowest BCUT2D eigenvalue weighted by Gasteiger charge is -1.88.